The summed E-state index contributed by atoms with van der Waals surface area (Å²) in [7, 11) is 0. The number of benzene rings is 2. The van der Waals surface area contributed by atoms with Gasteiger partial charge in [0.2, 0.25) is 0 Å². The van der Waals surface area contributed by atoms with Gasteiger partial charge in [0.25, 0.3) is 0 Å². The van der Waals surface area contributed by atoms with Gasteiger partial charge in [0.15, 0.2) is 0 Å². The van der Waals surface area contributed by atoms with E-state index in [1.165, 1.54) is 0 Å². The van der Waals surface area contributed by atoms with E-state index in [0.717, 1.165) is 24.3 Å². The Labute approximate surface area is 138 Å². The molecule has 2 rings (SSSR count). The number of anilines is 1. The zero-order chi connectivity index (χ0) is 13.1. The van der Waals surface area contributed by atoms with Crippen LogP contribution in [0, 0.1) is 3.57 Å². The third-order valence-corrected chi connectivity index (χ3v) is 4.25. The van der Waals surface area contributed by atoms with Crippen LogP contribution in [0.25, 0.3) is 0 Å². The molecule has 5 heteroatoms. The fraction of sp³-hybridized carbons (Fsp3) is 0.0769. The van der Waals surface area contributed by atoms with Gasteiger partial charge in [-0.1, -0.05) is 39.1 Å². The van der Waals surface area contributed by atoms with E-state index in [0.29, 0.717) is 11.6 Å². The standard InChI is InChI=1S/C13H9BrCl2IN/c14-9-1-3-11(15)8(5-9)7-18-13-4-2-10(17)6-12(13)16/h1-6,18H,7H2. The maximum absolute atomic E-state index is 6.16. The van der Waals surface area contributed by atoms with E-state index in [2.05, 4.69) is 43.8 Å². The van der Waals surface area contributed by atoms with Crippen LogP contribution in [0.1, 0.15) is 5.56 Å². The fourth-order valence-electron chi connectivity index (χ4n) is 1.50. The van der Waals surface area contributed by atoms with Gasteiger partial charge in [-0.2, -0.15) is 0 Å². The monoisotopic (exact) mass is 455 g/mol. The van der Waals surface area contributed by atoms with Crippen LogP contribution in [-0.2, 0) is 6.54 Å². The van der Waals surface area contributed by atoms with E-state index in [1.54, 1.807) is 0 Å². The molecule has 2 aromatic rings. The minimum absolute atomic E-state index is 0.637. The van der Waals surface area contributed by atoms with Gasteiger partial charge in [-0.3, -0.25) is 0 Å². The molecule has 0 amide bonds. The molecule has 0 aromatic heterocycles. The molecule has 0 radical (unpaired) electrons. The molecule has 1 N–H and O–H groups in total. The van der Waals surface area contributed by atoms with E-state index >= 15 is 0 Å². The molecule has 0 heterocycles. The summed E-state index contributed by atoms with van der Waals surface area (Å²) in [6.45, 7) is 0.637. The Morgan fingerprint density at radius 3 is 2.56 bits per heavy atom. The summed E-state index contributed by atoms with van der Waals surface area (Å²) in [5, 5.41) is 4.74. The smallest absolute Gasteiger partial charge is 0.0648 e. The molecule has 2 aromatic carbocycles. The molecule has 1 nitrogen and oxygen atoms in total. The Morgan fingerprint density at radius 2 is 1.83 bits per heavy atom. The lowest BCUT2D eigenvalue weighted by Crippen LogP contribution is -2.00. The highest BCUT2D eigenvalue weighted by Gasteiger charge is 2.04. The normalized spacial score (nSPS) is 10.4. The number of hydrogen-bond acceptors (Lipinski definition) is 1. The second-order valence-corrected chi connectivity index (χ2v) is 6.69. The highest BCUT2D eigenvalue weighted by atomic mass is 127. The topological polar surface area (TPSA) is 12.0 Å². The molecule has 0 aliphatic carbocycles. The van der Waals surface area contributed by atoms with Crippen molar-refractivity contribution < 1.29 is 0 Å². The summed E-state index contributed by atoms with van der Waals surface area (Å²) < 4.78 is 2.13. The SMILES string of the molecule is Clc1ccc(Br)cc1CNc1ccc(I)cc1Cl. The van der Waals surface area contributed by atoms with Gasteiger partial charge in [-0.25, -0.2) is 0 Å². The Morgan fingerprint density at radius 1 is 1.06 bits per heavy atom. The highest BCUT2D eigenvalue weighted by Crippen LogP contribution is 2.26. The lowest BCUT2D eigenvalue weighted by molar-refractivity contribution is 1.15. The van der Waals surface area contributed by atoms with Crippen LogP contribution < -0.4 is 5.32 Å². The molecule has 0 fully saturated rings. The average molecular weight is 457 g/mol. The Hall–Kier alpha value is 0.0300. The van der Waals surface area contributed by atoms with E-state index < -0.39 is 0 Å². The van der Waals surface area contributed by atoms with Crippen LogP contribution in [-0.4, -0.2) is 0 Å². The summed E-state index contributed by atoms with van der Waals surface area (Å²) in [6, 6.07) is 11.7. The maximum atomic E-state index is 6.16. The van der Waals surface area contributed by atoms with Crippen molar-refractivity contribution in [3.63, 3.8) is 0 Å². The predicted octanol–water partition coefficient (Wildman–Crippen LogP) is 5.97. The minimum atomic E-state index is 0.637. The van der Waals surface area contributed by atoms with Gasteiger partial charge in [0.05, 0.1) is 10.7 Å². The average Bonchev–Trinajstić information content (AvgIpc) is 2.32. The van der Waals surface area contributed by atoms with Crippen molar-refractivity contribution in [2.24, 2.45) is 0 Å². The van der Waals surface area contributed by atoms with Crippen LogP contribution in [0.5, 0.6) is 0 Å². The van der Waals surface area contributed by atoms with E-state index in [4.69, 9.17) is 23.2 Å². The Kier molecular flexibility index (Phi) is 5.18. The first-order valence-corrected chi connectivity index (χ1v) is 7.82. The molecule has 0 aliphatic rings. The maximum Gasteiger partial charge on any atom is 0.0648 e. The van der Waals surface area contributed by atoms with Crippen LogP contribution in [0.4, 0.5) is 5.69 Å². The molecule has 0 saturated heterocycles. The van der Waals surface area contributed by atoms with Crippen molar-refractivity contribution in [3.8, 4) is 0 Å². The first-order chi connectivity index (χ1) is 8.56. The summed E-state index contributed by atoms with van der Waals surface area (Å²) in [5.74, 6) is 0. The van der Waals surface area contributed by atoms with Gasteiger partial charge in [-0.15, -0.1) is 0 Å². The summed E-state index contributed by atoms with van der Waals surface area (Å²) in [4.78, 5) is 0. The second-order valence-electron chi connectivity index (χ2n) is 3.71. The van der Waals surface area contributed by atoms with Crippen LogP contribution in [0.3, 0.4) is 0 Å². The van der Waals surface area contributed by atoms with Gasteiger partial charge in [0.1, 0.15) is 0 Å². The van der Waals surface area contributed by atoms with Crippen LogP contribution >= 0.6 is 61.7 Å². The Balaban J connectivity index is 2.13. The minimum Gasteiger partial charge on any atom is -0.380 e. The molecule has 94 valence electrons. The molecule has 0 atom stereocenters. The summed E-state index contributed by atoms with van der Waals surface area (Å²) in [5.41, 5.74) is 1.94. The number of rotatable bonds is 3. The van der Waals surface area contributed by atoms with Crippen molar-refractivity contribution in [2.75, 3.05) is 5.32 Å². The Bertz CT molecular complexity index is 575. The lowest BCUT2D eigenvalue weighted by atomic mass is 10.2. The van der Waals surface area contributed by atoms with Gasteiger partial charge in [0, 0.05) is 19.6 Å². The third kappa shape index (κ3) is 3.76. The number of halogens is 4. The lowest BCUT2D eigenvalue weighted by Gasteiger charge is -2.10. The summed E-state index contributed by atoms with van der Waals surface area (Å²) >= 11 is 18.0. The number of hydrogen-bond donors (Lipinski definition) is 1. The molecular weight excluding hydrogens is 448 g/mol. The zero-order valence-corrected chi connectivity index (χ0v) is 14.4. The first-order valence-electron chi connectivity index (χ1n) is 5.19. The van der Waals surface area contributed by atoms with Crippen molar-refractivity contribution in [3.05, 3.63) is 60.0 Å². The van der Waals surface area contributed by atoms with E-state index in [9.17, 15) is 0 Å². The molecule has 0 unspecified atom stereocenters. The van der Waals surface area contributed by atoms with Crippen molar-refractivity contribution in [1.29, 1.82) is 0 Å². The number of nitrogens with one attached hydrogen (secondary N) is 1. The zero-order valence-electron chi connectivity index (χ0n) is 9.18. The predicted molar refractivity (Wildman–Crippen MR) is 90.6 cm³/mol. The van der Waals surface area contributed by atoms with Crippen molar-refractivity contribution >= 4 is 67.4 Å². The quantitative estimate of drug-likeness (QED) is 0.561. The second kappa shape index (κ2) is 6.46. The highest BCUT2D eigenvalue weighted by molar-refractivity contribution is 14.1. The van der Waals surface area contributed by atoms with E-state index in [1.807, 2.05) is 36.4 Å². The first kappa shape index (κ1) is 14.4. The molecule has 18 heavy (non-hydrogen) atoms. The fourth-order valence-corrected chi connectivity index (χ4v) is 3.02. The van der Waals surface area contributed by atoms with Gasteiger partial charge in [-0.05, 0) is 64.6 Å². The largest absolute Gasteiger partial charge is 0.380 e. The van der Waals surface area contributed by atoms with Crippen molar-refractivity contribution in [2.45, 2.75) is 6.54 Å². The molecule has 0 aliphatic heterocycles. The van der Waals surface area contributed by atoms with Gasteiger partial charge < -0.3 is 5.32 Å². The molecular formula is C13H9BrCl2IN. The van der Waals surface area contributed by atoms with Crippen LogP contribution in [0.15, 0.2) is 40.9 Å². The third-order valence-electron chi connectivity index (χ3n) is 2.41. The van der Waals surface area contributed by atoms with Crippen molar-refractivity contribution in [1.82, 2.24) is 0 Å². The molecule has 0 saturated carbocycles. The van der Waals surface area contributed by atoms with Gasteiger partial charge >= 0.3 is 0 Å². The molecule has 0 bridgehead atoms. The van der Waals surface area contributed by atoms with E-state index in [-0.39, 0.29) is 0 Å². The summed E-state index contributed by atoms with van der Waals surface area (Å²) in [6.07, 6.45) is 0. The molecule has 0 spiro atoms. The van der Waals surface area contributed by atoms with Crippen LogP contribution in [0.2, 0.25) is 10.0 Å².